The van der Waals surface area contributed by atoms with Gasteiger partial charge in [0.2, 0.25) is 0 Å². The molecule has 2 aliphatic rings. The predicted octanol–water partition coefficient (Wildman–Crippen LogP) is 3.77. The van der Waals surface area contributed by atoms with E-state index in [1.54, 1.807) is 0 Å². The number of alkyl halides is 3. The van der Waals surface area contributed by atoms with Gasteiger partial charge in [-0.2, -0.15) is 13.2 Å². The second-order valence-corrected chi connectivity index (χ2v) is 7.28. The lowest BCUT2D eigenvalue weighted by Crippen LogP contribution is -2.51. The summed E-state index contributed by atoms with van der Waals surface area (Å²) in [5, 5.41) is 3.32. The van der Waals surface area contributed by atoms with Crippen molar-refractivity contribution < 1.29 is 27.0 Å². The van der Waals surface area contributed by atoms with Crippen molar-refractivity contribution in [3.63, 3.8) is 0 Å². The number of hydrogen-bond acceptors (Lipinski definition) is 4. The average Bonchev–Trinajstić information content (AvgIpc) is 2.71. The zero-order valence-electron chi connectivity index (χ0n) is 15.7. The molecule has 156 valence electrons. The summed E-state index contributed by atoms with van der Waals surface area (Å²) in [6.45, 7) is 3.52. The lowest BCUT2D eigenvalue weighted by atomic mass is 9.95. The molecule has 2 atom stereocenters. The van der Waals surface area contributed by atoms with Crippen molar-refractivity contribution in [3.05, 3.63) is 65.0 Å². The quantitative estimate of drug-likeness (QED) is 0.779. The molecule has 2 heterocycles. The summed E-state index contributed by atoms with van der Waals surface area (Å²) in [6.07, 6.45) is -4.98. The van der Waals surface area contributed by atoms with Gasteiger partial charge in [-0.3, -0.25) is 4.90 Å². The van der Waals surface area contributed by atoms with Crippen LogP contribution in [0.15, 0.2) is 42.5 Å². The molecular weight excluding hydrogens is 388 g/mol. The van der Waals surface area contributed by atoms with Crippen LogP contribution in [0.3, 0.4) is 0 Å². The Kier molecular flexibility index (Phi) is 5.76. The first-order valence-electron chi connectivity index (χ1n) is 9.56. The van der Waals surface area contributed by atoms with Crippen LogP contribution in [0.2, 0.25) is 0 Å². The van der Waals surface area contributed by atoms with E-state index in [1.165, 1.54) is 0 Å². The molecule has 0 amide bonds. The maximum Gasteiger partial charge on any atom is 0.416 e. The molecule has 1 saturated heterocycles. The number of hydrogen-bond donors (Lipinski definition) is 1. The summed E-state index contributed by atoms with van der Waals surface area (Å²) in [5.41, 5.74) is 0.135. The van der Waals surface area contributed by atoms with Crippen molar-refractivity contribution in [2.24, 2.45) is 0 Å². The van der Waals surface area contributed by atoms with Crippen molar-refractivity contribution in [3.8, 4) is 5.75 Å². The van der Waals surface area contributed by atoms with Crippen LogP contribution in [-0.2, 0) is 17.5 Å². The van der Waals surface area contributed by atoms with Gasteiger partial charge in [0.05, 0.1) is 18.2 Å². The fourth-order valence-corrected chi connectivity index (χ4v) is 3.95. The monoisotopic (exact) mass is 410 g/mol. The molecule has 8 heteroatoms. The molecule has 1 fully saturated rings. The molecule has 0 saturated carbocycles. The highest BCUT2D eigenvalue weighted by molar-refractivity contribution is 5.38. The van der Waals surface area contributed by atoms with Gasteiger partial charge in [0.1, 0.15) is 24.3 Å². The first kappa shape index (κ1) is 20.1. The third-order valence-electron chi connectivity index (χ3n) is 5.29. The summed E-state index contributed by atoms with van der Waals surface area (Å²) >= 11 is 0. The van der Waals surface area contributed by atoms with Gasteiger partial charge in [0.15, 0.2) is 0 Å². The van der Waals surface area contributed by atoms with Crippen LogP contribution >= 0.6 is 0 Å². The topological polar surface area (TPSA) is 33.7 Å². The number of rotatable bonds is 4. The summed E-state index contributed by atoms with van der Waals surface area (Å²) in [6, 6.07) is 10.2. The molecule has 2 aliphatic heterocycles. The van der Waals surface area contributed by atoms with Gasteiger partial charge >= 0.3 is 6.18 Å². The standard InChI is InChI=1S/C21H22F4N2O2/c22-16-10-14(9-15(11-16)21(23,24)25)12-28-19-13-29-18-4-2-1-3-17(18)20(19)27-7-5-26-6-8-27/h1-4,9-11,19-20,26H,5-8,12-13H2/t19-,20-/m0/s1. The van der Waals surface area contributed by atoms with Gasteiger partial charge in [-0.05, 0) is 29.8 Å². The largest absolute Gasteiger partial charge is 0.490 e. The van der Waals surface area contributed by atoms with Crippen molar-refractivity contribution in [1.82, 2.24) is 10.2 Å². The minimum Gasteiger partial charge on any atom is -0.490 e. The molecule has 0 unspecified atom stereocenters. The minimum absolute atomic E-state index is 0.0716. The van der Waals surface area contributed by atoms with Crippen molar-refractivity contribution in [2.75, 3.05) is 32.8 Å². The number of halogens is 4. The van der Waals surface area contributed by atoms with Gasteiger partial charge in [-0.15, -0.1) is 0 Å². The fourth-order valence-electron chi connectivity index (χ4n) is 3.95. The predicted molar refractivity (Wildman–Crippen MR) is 99.1 cm³/mol. The highest BCUT2D eigenvalue weighted by Crippen LogP contribution is 2.38. The van der Waals surface area contributed by atoms with E-state index in [0.717, 1.165) is 49.6 Å². The number of nitrogens with one attached hydrogen (secondary N) is 1. The zero-order valence-corrected chi connectivity index (χ0v) is 15.7. The molecule has 2 aromatic carbocycles. The number of ether oxygens (including phenoxy) is 2. The third-order valence-corrected chi connectivity index (χ3v) is 5.29. The van der Waals surface area contributed by atoms with Gasteiger partial charge in [0.25, 0.3) is 0 Å². The van der Waals surface area contributed by atoms with E-state index in [2.05, 4.69) is 10.2 Å². The van der Waals surface area contributed by atoms with E-state index >= 15 is 0 Å². The van der Waals surface area contributed by atoms with Crippen LogP contribution in [0.25, 0.3) is 0 Å². The van der Waals surface area contributed by atoms with E-state index in [0.29, 0.717) is 6.07 Å². The van der Waals surface area contributed by atoms with Crippen LogP contribution in [-0.4, -0.2) is 43.8 Å². The molecule has 0 bridgehead atoms. The smallest absolute Gasteiger partial charge is 0.416 e. The van der Waals surface area contributed by atoms with E-state index in [4.69, 9.17) is 9.47 Å². The molecule has 0 radical (unpaired) electrons. The Morgan fingerprint density at radius 3 is 2.62 bits per heavy atom. The number of benzene rings is 2. The Balaban J connectivity index is 1.55. The Hall–Kier alpha value is -2.16. The molecule has 0 aliphatic carbocycles. The van der Waals surface area contributed by atoms with Gasteiger partial charge in [-0.1, -0.05) is 18.2 Å². The van der Waals surface area contributed by atoms with E-state index in [-0.39, 0.29) is 30.9 Å². The van der Waals surface area contributed by atoms with Crippen LogP contribution in [0.1, 0.15) is 22.7 Å². The third kappa shape index (κ3) is 4.55. The van der Waals surface area contributed by atoms with Gasteiger partial charge < -0.3 is 14.8 Å². The molecule has 29 heavy (non-hydrogen) atoms. The van der Waals surface area contributed by atoms with E-state index in [1.807, 2.05) is 24.3 Å². The van der Waals surface area contributed by atoms with E-state index < -0.39 is 17.6 Å². The molecule has 0 aromatic heterocycles. The summed E-state index contributed by atoms with van der Waals surface area (Å²) in [5.74, 6) is -0.136. The van der Waals surface area contributed by atoms with Gasteiger partial charge in [0, 0.05) is 31.7 Å². The second-order valence-electron chi connectivity index (χ2n) is 7.28. The van der Waals surface area contributed by atoms with Crippen molar-refractivity contribution >= 4 is 0 Å². The zero-order chi connectivity index (χ0) is 20.4. The van der Waals surface area contributed by atoms with Crippen LogP contribution < -0.4 is 10.1 Å². The molecule has 4 nitrogen and oxygen atoms in total. The Labute approximate surface area is 166 Å². The van der Waals surface area contributed by atoms with E-state index in [9.17, 15) is 17.6 Å². The maximum atomic E-state index is 13.7. The Morgan fingerprint density at radius 2 is 1.86 bits per heavy atom. The molecule has 1 N–H and O–H groups in total. The van der Waals surface area contributed by atoms with Crippen molar-refractivity contribution in [1.29, 1.82) is 0 Å². The lowest BCUT2D eigenvalue weighted by molar-refractivity contribution is -0.137. The normalized spacial score (nSPS) is 22.8. The number of nitrogens with zero attached hydrogens (tertiary/aromatic N) is 1. The Bertz CT molecular complexity index is 853. The van der Waals surface area contributed by atoms with Crippen LogP contribution in [0, 0.1) is 5.82 Å². The second kappa shape index (κ2) is 8.30. The highest BCUT2D eigenvalue weighted by atomic mass is 19.4. The first-order chi connectivity index (χ1) is 13.9. The lowest BCUT2D eigenvalue weighted by Gasteiger charge is -2.42. The molecule has 4 rings (SSSR count). The highest BCUT2D eigenvalue weighted by Gasteiger charge is 2.37. The first-order valence-corrected chi connectivity index (χ1v) is 9.56. The number of para-hydroxylation sites is 1. The molecular formula is C21H22F4N2O2. The summed E-state index contributed by atoms with van der Waals surface area (Å²) in [7, 11) is 0. The average molecular weight is 410 g/mol. The number of fused-ring (bicyclic) bond motifs is 1. The fraction of sp³-hybridized carbons (Fsp3) is 0.429. The van der Waals surface area contributed by atoms with Crippen molar-refractivity contribution in [2.45, 2.75) is 24.9 Å². The van der Waals surface area contributed by atoms with Crippen LogP contribution in [0.5, 0.6) is 5.75 Å². The van der Waals surface area contributed by atoms with Gasteiger partial charge in [-0.25, -0.2) is 4.39 Å². The number of piperazine rings is 1. The molecule has 2 aromatic rings. The molecule has 0 spiro atoms. The Morgan fingerprint density at radius 1 is 1.10 bits per heavy atom. The summed E-state index contributed by atoms with van der Waals surface area (Å²) in [4.78, 5) is 2.30. The van der Waals surface area contributed by atoms with Crippen LogP contribution in [0.4, 0.5) is 17.6 Å². The summed E-state index contributed by atoms with van der Waals surface area (Å²) < 4.78 is 64.4. The minimum atomic E-state index is -4.60. The maximum absolute atomic E-state index is 13.7. The SMILES string of the molecule is Fc1cc(CO[C@H]2COc3ccccc3[C@@H]2N2CCNCC2)cc(C(F)(F)F)c1.